The molecule has 96 valence electrons. The van der Waals surface area contributed by atoms with Crippen LogP contribution in [0.15, 0.2) is 18.2 Å². The lowest BCUT2D eigenvalue weighted by atomic mass is 9.89. The van der Waals surface area contributed by atoms with E-state index in [9.17, 15) is 9.90 Å². The predicted molar refractivity (Wildman–Crippen MR) is 73.0 cm³/mol. The SMILES string of the molecule is O=C(O)c1c2c(nc3c(Cl)cccc13)C1CCC2C1. The summed E-state index contributed by atoms with van der Waals surface area (Å²) in [6.45, 7) is 0. The van der Waals surface area contributed by atoms with E-state index >= 15 is 0 Å². The fraction of sp³-hybridized carbons (Fsp3) is 0.333. The minimum atomic E-state index is -0.863. The number of benzene rings is 1. The summed E-state index contributed by atoms with van der Waals surface area (Å²) in [5.41, 5.74) is 3.01. The Morgan fingerprint density at radius 2 is 2.11 bits per heavy atom. The third-order valence-corrected chi connectivity index (χ3v) is 4.78. The molecular formula is C15H12ClNO2. The number of aromatic nitrogens is 1. The Labute approximate surface area is 115 Å². The molecule has 2 aliphatic rings. The number of rotatable bonds is 1. The molecule has 0 saturated heterocycles. The van der Waals surface area contributed by atoms with Crippen molar-refractivity contribution in [3.05, 3.63) is 40.0 Å². The first-order chi connectivity index (χ1) is 9.16. The highest BCUT2D eigenvalue weighted by atomic mass is 35.5. The molecule has 2 unspecified atom stereocenters. The van der Waals surface area contributed by atoms with Crippen molar-refractivity contribution in [3.8, 4) is 0 Å². The number of fused-ring (bicyclic) bond motifs is 6. The van der Waals surface area contributed by atoms with Gasteiger partial charge >= 0.3 is 5.97 Å². The minimum Gasteiger partial charge on any atom is -0.478 e. The summed E-state index contributed by atoms with van der Waals surface area (Å²) >= 11 is 6.18. The molecule has 1 aromatic heterocycles. The van der Waals surface area contributed by atoms with Crippen molar-refractivity contribution in [1.29, 1.82) is 0 Å². The molecule has 1 fully saturated rings. The highest BCUT2D eigenvalue weighted by molar-refractivity contribution is 6.35. The third kappa shape index (κ3) is 1.39. The second-order valence-electron chi connectivity index (χ2n) is 5.43. The zero-order valence-electron chi connectivity index (χ0n) is 10.2. The van der Waals surface area contributed by atoms with Gasteiger partial charge in [0.25, 0.3) is 0 Å². The van der Waals surface area contributed by atoms with Crippen LogP contribution in [0.25, 0.3) is 10.9 Å². The first-order valence-corrected chi connectivity index (χ1v) is 6.90. The van der Waals surface area contributed by atoms with Crippen molar-refractivity contribution in [2.75, 3.05) is 0 Å². The molecular weight excluding hydrogens is 262 g/mol. The van der Waals surface area contributed by atoms with Gasteiger partial charge < -0.3 is 5.11 Å². The van der Waals surface area contributed by atoms with Crippen LogP contribution < -0.4 is 0 Å². The van der Waals surface area contributed by atoms with Gasteiger partial charge in [0.15, 0.2) is 0 Å². The Morgan fingerprint density at radius 1 is 1.32 bits per heavy atom. The van der Waals surface area contributed by atoms with Crippen LogP contribution >= 0.6 is 11.6 Å². The fourth-order valence-corrected chi connectivity index (χ4v) is 3.95. The van der Waals surface area contributed by atoms with E-state index in [1.54, 1.807) is 12.1 Å². The number of carboxylic acids is 1. The molecule has 0 amide bonds. The number of aromatic carboxylic acids is 1. The molecule has 2 bridgehead atoms. The molecule has 0 spiro atoms. The van der Waals surface area contributed by atoms with Gasteiger partial charge in [-0.2, -0.15) is 0 Å². The van der Waals surface area contributed by atoms with Crippen LogP contribution in [0.5, 0.6) is 0 Å². The van der Waals surface area contributed by atoms with Gasteiger partial charge in [-0.25, -0.2) is 4.79 Å². The second kappa shape index (κ2) is 3.70. The van der Waals surface area contributed by atoms with Crippen molar-refractivity contribution in [2.24, 2.45) is 0 Å². The second-order valence-corrected chi connectivity index (χ2v) is 5.84. The predicted octanol–water partition coefficient (Wildman–Crippen LogP) is 3.95. The standard InChI is InChI=1S/C15H12ClNO2/c16-10-3-1-2-9-12(15(18)19)11-7-4-5-8(6-7)13(11)17-14(9)10/h1-3,7-8H,4-6H2,(H,18,19). The van der Waals surface area contributed by atoms with Gasteiger partial charge in [-0.15, -0.1) is 0 Å². The molecule has 0 radical (unpaired) electrons. The van der Waals surface area contributed by atoms with Gasteiger partial charge in [0, 0.05) is 17.0 Å². The molecule has 4 heteroatoms. The zero-order valence-corrected chi connectivity index (χ0v) is 10.9. The maximum absolute atomic E-state index is 11.7. The summed E-state index contributed by atoms with van der Waals surface area (Å²) < 4.78 is 0. The molecule has 2 aliphatic carbocycles. The summed E-state index contributed by atoms with van der Waals surface area (Å²) in [7, 11) is 0. The van der Waals surface area contributed by atoms with Crippen molar-refractivity contribution < 1.29 is 9.90 Å². The van der Waals surface area contributed by atoms with Gasteiger partial charge in [-0.3, -0.25) is 4.98 Å². The Morgan fingerprint density at radius 3 is 2.89 bits per heavy atom. The maximum Gasteiger partial charge on any atom is 0.336 e. The number of carboxylic acid groups (broad SMARTS) is 1. The molecule has 2 aromatic rings. The lowest BCUT2D eigenvalue weighted by Gasteiger charge is -2.18. The van der Waals surface area contributed by atoms with E-state index in [-0.39, 0.29) is 0 Å². The molecule has 1 aromatic carbocycles. The number of para-hydroxylation sites is 1. The van der Waals surface area contributed by atoms with Crippen molar-refractivity contribution in [3.63, 3.8) is 0 Å². The van der Waals surface area contributed by atoms with Crippen molar-refractivity contribution >= 4 is 28.5 Å². The largest absolute Gasteiger partial charge is 0.478 e. The van der Waals surface area contributed by atoms with Crippen LogP contribution in [-0.2, 0) is 0 Å². The average Bonchev–Trinajstić information content (AvgIpc) is 2.98. The number of nitrogens with zero attached hydrogens (tertiary/aromatic N) is 1. The van der Waals surface area contributed by atoms with Gasteiger partial charge in [-0.05, 0) is 36.8 Å². The Kier molecular flexibility index (Phi) is 2.19. The number of hydrogen-bond acceptors (Lipinski definition) is 2. The van der Waals surface area contributed by atoms with Crippen LogP contribution in [0.4, 0.5) is 0 Å². The van der Waals surface area contributed by atoms with Gasteiger partial charge in [0.2, 0.25) is 0 Å². The van der Waals surface area contributed by atoms with E-state index in [0.29, 0.717) is 33.3 Å². The maximum atomic E-state index is 11.7. The topological polar surface area (TPSA) is 50.2 Å². The Hall–Kier alpha value is -1.61. The molecule has 1 heterocycles. The smallest absolute Gasteiger partial charge is 0.336 e. The highest BCUT2D eigenvalue weighted by Gasteiger charge is 2.41. The fourth-order valence-electron chi connectivity index (χ4n) is 3.73. The molecule has 1 saturated carbocycles. The van der Waals surface area contributed by atoms with E-state index < -0.39 is 5.97 Å². The summed E-state index contributed by atoms with van der Waals surface area (Å²) in [5, 5.41) is 10.8. The minimum absolute atomic E-state index is 0.377. The van der Waals surface area contributed by atoms with Gasteiger partial charge in [-0.1, -0.05) is 23.7 Å². The highest BCUT2D eigenvalue weighted by Crippen LogP contribution is 2.54. The van der Waals surface area contributed by atoms with Crippen LogP contribution in [0, 0.1) is 0 Å². The van der Waals surface area contributed by atoms with E-state index in [1.807, 2.05) is 6.07 Å². The summed E-state index contributed by atoms with van der Waals surface area (Å²) in [6, 6.07) is 5.37. The average molecular weight is 274 g/mol. The first-order valence-electron chi connectivity index (χ1n) is 6.52. The van der Waals surface area contributed by atoms with Crippen LogP contribution in [0.2, 0.25) is 5.02 Å². The molecule has 19 heavy (non-hydrogen) atoms. The van der Waals surface area contributed by atoms with E-state index in [0.717, 1.165) is 30.5 Å². The monoisotopic (exact) mass is 273 g/mol. The van der Waals surface area contributed by atoms with E-state index in [2.05, 4.69) is 4.98 Å². The molecule has 0 aliphatic heterocycles. The van der Waals surface area contributed by atoms with E-state index in [1.165, 1.54) is 0 Å². The van der Waals surface area contributed by atoms with E-state index in [4.69, 9.17) is 11.6 Å². The number of pyridine rings is 1. The van der Waals surface area contributed by atoms with Crippen LogP contribution in [0.1, 0.15) is 52.7 Å². The zero-order chi connectivity index (χ0) is 13.1. The van der Waals surface area contributed by atoms with Crippen molar-refractivity contribution in [2.45, 2.75) is 31.1 Å². The summed E-state index contributed by atoms with van der Waals surface area (Å²) in [6.07, 6.45) is 3.27. The Bertz CT molecular complexity index is 726. The third-order valence-electron chi connectivity index (χ3n) is 4.48. The normalized spacial score (nSPS) is 23.8. The molecule has 1 N–H and O–H groups in total. The number of hydrogen-bond donors (Lipinski definition) is 1. The molecule has 4 rings (SSSR count). The first kappa shape index (κ1) is 11.2. The lowest BCUT2D eigenvalue weighted by molar-refractivity contribution is 0.0697. The quantitative estimate of drug-likeness (QED) is 0.856. The number of carbonyl (C=O) groups is 1. The van der Waals surface area contributed by atoms with Crippen molar-refractivity contribution in [1.82, 2.24) is 4.98 Å². The van der Waals surface area contributed by atoms with Gasteiger partial charge in [0.1, 0.15) is 0 Å². The number of halogens is 1. The molecule has 2 atom stereocenters. The summed E-state index contributed by atoms with van der Waals surface area (Å²) in [5.74, 6) is -0.0563. The van der Waals surface area contributed by atoms with Crippen LogP contribution in [-0.4, -0.2) is 16.1 Å². The lowest BCUT2D eigenvalue weighted by Crippen LogP contribution is -2.11. The van der Waals surface area contributed by atoms with Gasteiger partial charge in [0.05, 0.1) is 16.1 Å². The molecule has 3 nitrogen and oxygen atoms in total. The Balaban J connectivity index is 2.17. The summed E-state index contributed by atoms with van der Waals surface area (Å²) in [4.78, 5) is 16.4. The van der Waals surface area contributed by atoms with Crippen LogP contribution in [0.3, 0.4) is 0 Å².